The number of halogens is 1. The number of guanidine groups is 1. The Hall–Kier alpha value is -0.860. The Kier molecular flexibility index (Phi) is 9.32. The topological polar surface area (TPSA) is 48.9 Å². The van der Waals surface area contributed by atoms with Crippen LogP contribution in [0.2, 0.25) is 0 Å². The summed E-state index contributed by atoms with van der Waals surface area (Å²) in [6, 6.07) is 10.8. The number of likely N-dealkylation sites (tertiary alicyclic amines) is 1. The van der Waals surface area contributed by atoms with Crippen LogP contribution in [-0.2, 0) is 4.74 Å². The van der Waals surface area contributed by atoms with Gasteiger partial charge in [-0.1, -0.05) is 30.3 Å². The molecule has 2 heterocycles. The van der Waals surface area contributed by atoms with Gasteiger partial charge in [0, 0.05) is 25.3 Å². The van der Waals surface area contributed by atoms with E-state index in [1.165, 1.54) is 31.5 Å². The molecule has 0 aromatic heterocycles. The van der Waals surface area contributed by atoms with Crippen LogP contribution in [0.25, 0.3) is 0 Å². The van der Waals surface area contributed by atoms with Gasteiger partial charge in [-0.15, -0.1) is 24.0 Å². The SMILES string of the molecule is CCNC(=NCC1(N2CCCC2)CCOCC1)NC(C)c1ccccc1.I. The minimum atomic E-state index is 0. The average molecular weight is 486 g/mol. The van der Waals surface area contributed by atoms with Crippen LogP contribution in [0, 0.1) is 0 Å². The van der Waals surface area contributed by atoms with Crippen molar-refractivity contribution in [2.75, 3.05) is 39.4 Å². The van der Waals surface area contributed by atoms with Crippen molar-refractivity contribution in [3.63, 3.8) is 0 Å². The lowest BCUT2D eigenvalue weighted by Gasteiger charge is -2.43. The monoisotopic (exact) mass is 486 g/mol. The van der Waals surface area contributed by atoms with Crippen molar-refractivity contribution < 1.29 is 4.74 Å². The zero-order valence-electron chi connectivity index (χ0n) is 16.7. The lowest BCUT2D eigenvalue weighted by Crippen LogP contribution is -2.54. The van der Waals surface area contributed by atoms with E-state index in [-0.39, 0.29) is 35.6 Å². The van der Waals surface area contributed by atoms with Gasteiger partial charge in [-0.25, -0.2) is 0 Å². The van der Waals surface area contributed by atoms with Gasteiger partial charge in [-0.05, 0) is 58.2 Å². The molecule has 1 aromatic carbocycles. The van der Waals surface area contributed by atoms with Crippen LogP contribution < -0.4 is 10.6 Å². The quantitative estimate of drug-likeness (QED) is 0.367. The molecule has 0 spiro atoms. The van der Waals surface area contributed by atoms with Crippen LogP contribution in [0.5, 0.6) is 0 Å². The molecule has 152 valence electrons. The number of hydrogen-bond donors (Lipinski definition) is 2. The van der Waals surface area contributed by atoms with Crippen LogP contribution in [-0.4, -0.2) is 55.8 Å². The highest BCUT2D eigenvalue weighted by Gasteiger charge is 2.39. The Morgan fingerprint density at radius 1 is 1.19 bits per heavy atom. The van der Waals surface area contributed by atoms with E-state index in [0.29, 0.717) is 0 Å². The molecule has 2 aliphatic rings. The standard InChI is InChI=1S/C21H34N4O.HI/c1-3-22-20(24-18(2)19-9-5-4-6-10-19)23-17-21(11-15-26-16-12-21)25-13-7-8-14-25;/h4-6,9-10,18H,3,7-8,11-17H2,1-2H3,(H2,22,23,24);1H. The second kappa shape index (κ2) is 11.2. The van der Waals surface area contributed by atoms with Gasteiger partial charge in [-0.3, -0.25) is 9.89 Å². The number of aliphatic imine (C=N–C) groups is 1. The summed E-state index contributed by atoms with van der Waals surface area (Å²) in [5, 5.41) is 6.99. The molecule has 0 amide bonds. The maximum atomic E-state index is 5.65. The van der Waals surface area contributed by atoms with Crippen LogP contribution in [0.4, 0.5) is 0 Å². The van der Waals surface area contributed by atoms with Crippen LogP contribution in [0.3, 0.4) is 0 Å². The minimum absolute atomic E-state index is 0. The highest BCUT2D eigenvalue weighted by Crippen LogP contribution is 2.31. The van der Waals surface area contributed by atoms with Crippen molar-refractivity contribution >= 4 is 29.9 Å². The van der Waals surface area contributed by atoms with E-state index in [9.17, 15) is 0 Å². The molecular weight excluding hydrogens is 451 g/mol. The summed E-state index contributed by atoms with van der Waals surface area (Å²) in [6.45, 7) is 10.1. The Balaban J connectivity index is 0.00000261. The highest BCUT2D eigenvalue weighted by molar-refractivity contribution is 14.0. The maximum Gasteiger partial charge on any atom is 0.191 e. The molecule has 2 saturated heterocycles. The zero-order valence-corrected chi connectivity index (χ0v) is 19.1. The van der Waals surface area contributed by atoms with Crippen molar-refractivity contribution in [3.8, 4) is 0 Å². The van der Waals surface area contributed by atoms with Gasteiger partial charge in [0.2, 0.25) is 0 Å². The van der Waals surface area contributed by atoms with E-state index in [1.807, 2.05) is 0 Å². The third kappa shape index (κ3) is 6.06. The Morgan fingerprint density at radius 2 is 1.85 bits per heavy atom. The van der Waals surface area contributed by atoms with Crippen molar-refractivity contribution in [1.82, 2.24) is 15.5 Å². The maximum absolute atomic E-state index is 5.65. The Labute approximate surface area is 181 Å². The summed E-state index contributed by atoms with van der Waals surface area (Å²) in [7, 11) is 0. The first-order valence-electron chi connectivity index (χ1n) is 10.2. The van der Waals surface area contributed by atoms with E-state index < -0.39 is 0 Å². The number of hydrogen-bond acceptors (Lipinski definition) is 3. The molecule has 2 fully saturated rings. The molecule has 2 N–H and O–H groups in total. The number of ether oxygens (including phenoxy) is 1. The second-order valence-corrected chi connectivity index (χ2v) is 7.50. The number of benzene rings is 1. The minimum Gasteiger partial charge on any atom is -0.381 e. The molecule has 0 bridgehead atoms. The van der Waals surface area contributed by atoms with Crippen molar-refractivity contribution in [2.24, 2.45) is 4.99 Å². The molecule has 2 aliphatic heterocycles. The molecule has 1 atom stereocenters. The van der Waals surface area contributed by atoms with Crippen molar-refractivity contribution in [2.45, 2.75) is 51.1 Å². The molecule has 27 heavy (non-hydrogen) atoms. The molecule has 0 saturated carbocycles. The fourth-order valence-electron chi connectivity index (χ4n) is 4.09. The summed E-state index contributed by atoms with van der Waals surface area (Å²) >= 11 is 0. The lowest BCUT2D eigenvalue weighted by molar-refractivity contribution is -0.0139. The molecular formula is C21H35IN4O. The fraction of sp³-hybridized carbons (Fsp3) is 0.667. The third-order valence-electron chi connectivity index (χ3n) is 5.73. The zero-order chi connectivity index (χ0) is 18.2. The first-order valence-corrected chi connectivity index (χ1v) is 10.2. The molecule has 0 aliphatic carbocycles. The normalized spacial score (nSPS) is 21.3. The van der Waals surface area contributed by atoms with E-state index in [0.717, 1.165) is 45.1 Å². The molecule has 3 rings (SSSR count). The first-order chi connectivity index (χ1) is 12.7. The first kappa shape index (κ1) is 22.4. The predicted molar refractivity (Wildman–Crippen MR) is 123 cm³/mol. The summed E-state index contributed by atoms with van der Waals surface area (Å²) in [5.74, 6) is 0.911. The van der Waals surface area contributed by atoms with Gasteiger partial charge >= 0.3 is 0 Å². The number of nitrogens with one attached hydrogen (secondary N) is 2. The molecule has 1 aromatic rings. The number of rotatable bonds is 6. The van der Waals surface area contributed by atoms with Crippen LogP contribution in [0.1, 0.15) is 51.1 Å². The molecule has 1 unspecified atom stereocenters. The third-order valence-corrected chi connectivity index (χ3v) is 5.73. The Morgan fingerprint density at radius 3 is 2.48 bits per heavy atom. The summed E-state index contributed by atoms with van der Waals surface area (Å²) in [6.07, 6.45) is 4.81. The van der Waals surface area contributed by atoms with Crippen LogP contribution >= 0.6 is 24.0 Å². The largest absolute Gasteiger partial charge is 0.381 e. The molecule has 6 heteroatoms. The lowest BCUT2D eigenvalue weighted by atomic mass is 9.88. The van der Waals surface area contributed by atoms with E-state index in [1.54, 1.807) is 0 Å². The van der Waals surface area contributed by atoms with Crippen molar-refractivity contribution in [1.29, 1.82) is 0 Å². The van der Waals surface area contributed by atoms with E-state index in [4.69, 9.17) is 9.73 Å². The molecule has 0 radical (unpaired) electrons. The second-order valence-electron chi connectivity index (χ2n) is 7.50. The Bertz CT molecular complexity index is 569. The van der Waals surface area contributed by atoms with Gasteiger partial charge in [0.15, 0.2) is 5.96 Å². The summed E-state index contributed by atoms with van der Waals surface area (Å²) < 4.78 is 5.65. The highest BCUT2D eigenvalue weighted by atomic mass is 127. The van der Waals surface area contributed by atoms with Gasteiger partial charge in [0.25, 0.3) is 0 Å². The summed E-state index contributed by atoms with van der Waals surface area (Å²) in [5.41, 5.74) is 1.45. The van der Waals surface area contributed by atoms with E-state index in [2.05, 4.69) is 59.7 Å². The van der Waals surface area contributed by atoms with Gasteiger partial charge in [0.05, 0.1) is 12.6 Å². The molecule has 5 nitrogen and oxygen atoms in total. The van der Waals surface area contributed by atoms with Gasteiger partial charge in [0.1, 0.15) is 0 Å². The average Bonchev–Trinajstić information content (AvgIpc) is 3.23. The number of nitrogens with zero attached hydrogens (tertiary/aromatic N) is 2. The van der Waals surface area contributed by atoms with Gasteiger partial charge in [-0.2, -0.15) is 0 Å². The predicted octanol–water partition coefficient (Wildman–Crippen LogP) is 3.57. The van der Waals surface area contributed by atoms with Crippen molar-refractivity contribution in [3.05, 3.63) is 35.9 Å². The summed E-state index contributed by atoms with van der Waals surface area (Å²) in [4.78, 5) is 7.69. The van der Waals surface area contributed by atoms with Crippen LogP contribution in [0.15, 0.2) is 35.3 Å². The fourth-order valence-corrected chi connectivity index (χ4v) is 4.09. The van der Waals surface area contributed by atoms with E-state index >= 15 is 0 Å². The smallest absolute Gasteiger partial charge is 0.191 e. The van der Waals surface area contributed by atoms with Gasteiger partial charge < -0.3 is 15.4 Å².